The van der Waals surface area contributed by atoms with Crippen molar-refractivity contribution in [3.63, 3.8) is 0 Å². The van der Waals surface area contributed by atoms with Crippen molar-refractivity contribution >= 4 is 5.65 Å². The van der Waals surface area contributed by atoms with E-state index in [1.807, 2.05) is 47.4 Å². The Morgan fingerprint density at radius 1 is 0.968 bits per heavy atom. The fraction of sp³-hybridized carbons (Fsp3) is 0.308. The number of aromatic nitrogens is 3. The quantitative estimate of drug-likeness (QED) is 0.496. The molecule has 1 aliphatic heterocycles. The van der Waals surface area contributed by atoms with Crippen molar-refractivity contribution in [3.05, 3.63) is 78.2 Å². The predicted molar refractivity (Wildman–Crippen MR) is 124 cm³/mol. The fourth-order valence-electron chi connectivity index (χ4n) is 4.35. The molecule has 158 valence electrons. The highest BCUT2D eigenvalue weighted by Gasteiger charge is 2.12. The lowest BCUT2D eigenvalue weighted by Crippen LogP contribution is -2.21. The van der Waals surface area contributed by atoms with Gasteiger partial charge in [0.15, 0.2) is 5.65 Å². The van der Waals surface area contributed by atoms with Crippen LogP contribution in [0.4, 0.5) is 0 Å². The summed E-state index contributed by atoms with van der Waals surface area (Å²) >= 11 is 0. The van der Waals surface area contributed by atoms with Gasteiger partial charge >= 0.3 is 0 Å². The Labute approximate surface area is 183 Å². The molecule has 1 N–H and O–H groups in total. The first-order valence-electron chi connectivity index (χ1n) is 11.1. The molecule has 5 nitrogen and oxygen atoms in total. The molecule has 0 bridgehead atoms. The Bertz CT molecular complexity index is 1170. The third-order valence-corrected chi connectivity index (χ3v) is 6.24. The van der Waals surface area contributed by atoms with Crippen LogP contribution in [0.25, 0.3) is 27.9 Å². The summed E-state index contributed by atoms with van der Waals surface area (Å²) in [5, 5.41) is 14.4. The van der Waals surface area contributed by atoms with Crippen LogP contribution in [-0.4, -0.2) is 44.2 Å². The summed E-state index contributed by atoms with van der Waals surface area (Å²) in [6.45, 7) is 5.43. The van der Waals surface area contributed by atoms with E-state index in [2.05, 4.69) is 34.3 Å². The average Bonchev–Trinajstić information content (AvgIpc) is 3.47. The molecular weight excluding hydrogens is 384 g/mol. The van der Waals surface area contributed by atoms with E-state index in [0.717, 1.165) is 46.4 Å². The first kappa shape index (κ1) is 19.9. The van der Waals surface area contributed by atoms with E-state index in [9.17, 15) is 5.11 Å². The Balaban J connectivity index is 1.36. The summed E-state index contributed by atoms with van der Waals surface area (Å²) in [6.07, 6.45) is 9.08. The van der Waals surface area contributed by atoms with Crippen molar-refractivity contribution in [1.82, 2.24) is 19.5 Å². The first-order chi connectivity index (χ1) is 15.2. The first-order valence-corrected chi connectivity index (χ1v) is 11.1. The Morgan fingerprint density at radius 3 is 2.55 bits per heavy atom. The number of aliphatic hydroxyl groups is 1. The Morgan fingerprint density at radius 2 is 1.77 bits per heavy atom. The second-order valence-electron chi connectivity index (χ2n) is 8.47. The maximum atomic E-state index is 9.89. The van der Waals surface area contributed by atoms with E-state index in [0.29, 0.717) is 0 Å². The molecule has 5 rings (SSSR count). The predicted octanol–water partition coefficient (Wildman–Crippen LogP) is 4.75. The monoisotopic (exact) mass is 412 g/mol. The number of fused-ring (bicyclic) bond motifs is 1. The zero-order chi connectivity index (χ0) is 21.2. The second-order valence-corrected chi connectivity index (χ2v) is 8.47. The van der Waals surface area contributed by atoms with E-state index in [-0.39, 0.29) is 0 Å². The maximum absolute atomic E-state index is 9.89. The molecule has 0 amide bonds. The van der Waals surface area contributed by atoms with Crippen molar-refractivity contribution in [2.45, 2.75) is 32.3 Å². The van der Waals surface area contributed by atoms with E-state index in [4.69, 9.17) is 4.98 Å². The molecule has 4 aromatic rings. The number of hydrogen-bond acceptors (Lipinski definition) is 4. The molecule has 2 aromatic carbocycles. The van der Waals surface area contributed by atoms with Crippen molar-refractivity contribution in [2.75, 3.05) is 19.6 Å². The lowest BCUT2D eigenvalue weighted by molar-refractivity contribution is 0.199. The molecular formula is C26H28N4O. The van der Waals surface area contributed by atoms with Gasteiger partial charge in [0.05, 0.1) is 12.3 Å². The van der Waals surface area contributed by atoms with E-state index < -0.39 is 6.10 Å². The van der Waals surface area contributed by atoms with Crippen LogP contribution in [0.5, 0.6) is 0 Å². The minimum atomic E-state index is -0.500. The Kier molecular flexibility index (Phi) is 5.53. The van der Waals surface area contributed by atoms with Crippen molar-refractivity contribution < 1.29 is 5.11 Å². The zero-order valence-corrected chi connectivity index (χ0v) is 17.9. The summed E-state index contributed by atoms with van der Waals surface area (Å²) in [5.41, 5.74) is 7.25. The van der Waals surface area contributed by atoms with Gasteiger partial charge in [-0.25, -0.2) is 9.50 Å². The molecule has 1 aliphatic rings. The van der Waals surface area contributed by atoms with Gasteiger partial charge in [0.2, 0.25) is 0 Å². The van der Waals surface area contributed by atoms with Crippen LogP contribution < -0.4 is 0 Å². The minimum absolute atomic E-state index is 0.500. The van der Waals surface area contributed by atoms with Crippen molar-refractivity contribution in [1.29, 1.82) is 0 Å². The van der Waals surface area contributed by atoms with Gasteiger partial charge < -0.3 is 10.0 Å². The lowest BCUT2D eigenvalue weighted by Gasteiger charge is -2.14. The number of aliphatic hydroxyl groups excluding tert-OH is 1. The highest BCUT2D eigenvalue weighted by atomic mass is 16.3. The van der Waals surface area contributed by atoms with Gasteiger partial charge in [-0.1, -0.05) is 42.5 Å². The van der Waals surface area contributed by atoms with Gasteiger partial charge in [-0.3, -0.25) is 0 Å². The molecule has 5 heteroatoms. The number of benzene rings is 2. The topological polar surface area (TPSA) is 53.7 Å². The molecule has 0 spiro atoms. The molecule has 0 aliphatic carbocycles. The summed E-state index contributed by atoms with van der Waals surface area (Å²) < 4.78 is 1.83. The standard InChI is InChI=1S/C26H28N4O/c1-19(31)22-5-4-6-23(15-22)25-17-28-30-18-24(16-27-26(25)30)21-9-7-20(8-10-21)11-14-29-12-2-3-13-29/h4-10,15-19,31H,2-3,11-14H2,1H3. The third kappa shape index (κ3) is 4.24. The molecule has 31 heavy (non-hydrogen) atoms. The lowest BCUT2D eigenvalue weighted by atomic mass is 10.0. The van der Waals surface area contributed by atoms with E-state index >= 15 is 0 Å². The van der Waals surface area contributed by atoms with E-state index in [1.54, 1.807) is 6.92 Å². The highest BCUT2D eigenvalue weighted by Crippen LogP contribution is 2.27. The SMILES string of the molecule is CC(O)c1cccc(-c2cnn3cc(-c4ccc(CCN5CCCC5)cc4)cnc23)c1. The molecule has 1 unspecified atom stereocenters. The number of nitrogens with zero attached hydrogens (tertiary/aromatic N) is 4. The van der Waals surface area contributed by atoms with E-state index in [1.165, 1.54) is 31.5 Å². The van der Waals surface area contributed by atoms with Crippen LogP contribution in [0, 0.1) is 0 Å². The largest absolute Gasteiger partial charge is 0.389 e. The van der Waals surface area contributed by atoms with Crippen LogP contribution in [0.3, 0.4) is 0 Å². The number of hydrogen-bond donors (Lipinski definition) is 1. The number of likely N-dealkylation sites (tertiary alicyclic amines) is 1. The molecule has 0 radical (unpaired) electrons. The smallest absolute Gasteiger partial charge is 0.162 e. The number of rotatable bonds is 6. The van der Waals surface area contributed by atoms with Crippen molar-refractivity contribution in [3.8, 4) is 22.3 Å². The summed E-state index contributed by atoms with van der Waals surface area (Å²) in [7, 11) is 0. The van der Waals surface area contributed by atoms with Crippen LogP contribution in [0.1, 0.15) is 37.0 Å². The molecule has 2 aromatic heterocycles. The average molecular weight is 413 g/mol. The van der Waals surface area contributed by atoms with Gasteiger partial charge in [-0.05, 0) is 67.6 Å². The second kappa shape index (κ2) is 8.61. The minimum Gasteiger partial charge on any atom is -0.389 e. The molecule has 1 atom stereocenters. The van der Waals surface area contributed by atoms with Gasteiger partial charge in [0, 0.05) is 30.1 Å². The summed E-state index contributed by atoms with van der Waals surface area (Å²) in [6, 6.07) is 16.7. The maximum Gasteiger partial charge on any atom is 0.162 e. The normalized spacial score (nSPS) is 15.5. The summed E-state index contributed by atoms with van der Waals surface area (Å²) in [5.74, 6) is 0. The van der Waals surface area contributed by atoms with Crippen molar-refractivity contribution in [2.24, 2.45) is 0 Å². The molecule has 1 fully saturated rings. The van der Waals surface area contributed by atoms with Crippen LogP contribution in [-0.2, 0) is 6.42 Å². The van der Waals surface area contributed by atoms with Crippen LogP contribution in [0.2, 0.25) is 0 Å². The Hall–Kier alpha value is -3.02. The third-order valence-electron chi connectivity index (χ3n) is 6.24. The van der Waals surface area contributed by atoms with Crippen LogP contribution >= 0.6 is 0 Å². The van der Waals surface area contributed by atoms with Gasteiger partial charge in [-0.2, -0.15) is 5.10 Å². The van der Waals surface area contributed by atoms with Crippen LogP contribution in [0.15, 0.2) is 67.1 Å². The van der Waals surface area contributed by atoms with Gasteiger partial charge in [0.1, 0.15) is 0 Å². The van der Waals surface area contributed by atoms with Gasteiger partial charge in [0.25, 0.3) is 0 Å². The zero-order valence-electron chi connectivity index (χ0n) is 17.9. The fourth-order valence-corrected chi connectivity index (χ4v) is 4.35. The summed E-state index contributed by atoms with van der Waals surface area (Å²) in [4.78, 5) is 7.26. The molecule has 1 saturated heterocycles. The molecule has 3 heterocycles. The van der Waals surface area contributed by atoms with Gasteiger partial charge in [-0.15, -0.1) is 0 Å². The highest BCUT2D eigenvalue weighted by molar-refractivity contribution is 5.78. The molecule has 0 saturated carbocycles.